The Bertz CT molecular complexity index is 1680. The Morgan fingerprint density at radius 2 is 1.29 bits per heavy atom. The van der Waals surface area contributed by atoms with Gasteiger partial charge in [0.25, 0.3) is 0 Å². The van der Waals surface area contributed by atoms with Crippen molar-refractivity contribution in [1.29, 1.82) is 0 Å². The molecule has 6 nitrogen and oxygen atoms in total. The van der Waals surface area contributed by atoms with Gasteiger partial charge in [-0.1, -0.05) is 36.8 Å². The molecule has 0 aliphatic carbocycles. The summed E-state index contributed by atoms with van der Waals surface area (Å²) in [4.78, 5) is 2.61. The van der Waals surface area contributed by atoms with E-state index in [4.69, 9.17) is 18.9 Å². The number of hydrogen-bond acceptors (Lipinski definition) is 5. The van der Waals surface area contributed by atoms with E-state index in [0.717, 1.165) is 33.0 Å². The van der Waals surface area contributed by atoms with E-state index in [1.54, 1.807) is 28.4 Å². The van der Waals surface area contributed by atoms with Crippen LogP contribution in [0.1, 0.15) is 37.8 Å². The highest BCUT2D eigenvalue weighted by molar-refractivity contribution is 6.09. The van der Waals surface area contributed by atoms with Crippen LogP contribution in [0.4, 0.5) is 0 Å². The third-order valence-electron chi connectivity index (χ3n) is 8.57. The topological polar surface area (TPSA) is 44.6 Å². The lowest BCUT2D eigenvalue weighted by molar-refractivity contribution is 0.175. The highest BCUT2D eigenvalue weighted by Crippen LogP contribution is 2.44. The number of likely N-dealkylation sites (tertiary alicyclic amines) is 1. The maximum atomic E-state index is 5.71. The highest BCUT2D eigenvalue weighted by atomic mass is 16.5. The molecule has 0 bridgehead atoms. The van der Waals surface area contributed by atoms with E-state index in [-0.39, 0.29) is 0 Å². The molecule has 3 heterocycles. The molecule has 0 spiro atoms. The first kappa shape index (κ1) is 27.0. The molecule has 1 unspecified atom stereocenters. The summed E-state index contributed by atoms with van der Waals surface area (Å²) in [6.07, 6.45) is 8.26. The molecule has 3 aromatic carbocycles. The molecule has 1 atom stereocenters. The van der Waals surface area contributed by atoms with Crippen molar-refractivity contribution in [3.63, 3.8) is 0 Å². The van der Waals surface area contributed by atoms with Crippen LogP contribution in [0, 0.1) is 0 Å². The summed E-state index contributed by atoms with van der Waals surface area (Å²) < 4.78 is 24.8. The fraction of sp³-hybridized carbons (Fsp3) is 0.314. The largest absolute Gasteiger partial charge is 0.493 e. The van der Waals surface area contributed by atoms with Gasteiger partial charge in [0.1, 0.15) is 0 Å². The van der Waals surface area contributed by atoms with Crippen molar-refractivity contribution in [1.82, 2.24) is 9.30 Å². The second-order valence-corrected chi connectivity index (χ2v) is 10.7. The first-order valence-corrected chi connectivity index (χ1v) is 14.3. The molecular weight excluding hydrogens is 512 g/mol. The SMILES string of the molecule is COc1ccc(-c2c(-c3ccc(C(C)N4CCCCC4)cc3)cn3ccc4cc(OC)c(OC)cc4c23)cc1OC. The number of piperidine rings is 1. The van der Waals surface area contributed by atoms with Gasteiger partial charge in [-0.3, -0.25) is 4.90 Å². The van der Waals surface area contributed by atoms with Gasteiger partial charge in [-0.05, 0) is 85.3 Å². The Morgan fingerprint density at radius 3 is 1.98 bits per heavy atom. The molecule has 0 saturated carbocycles. The molecule has 6 rings (SSSR count). The monoisotopic (exact) mass is 550 g/mol. The Morgan fingerprint density at radius 1 is 0.659 bits per heavy atom. The summed E-state index contributed by atoms with van der Waals surface area (Å²) in [6, 6.07) is 21.9. The average molecular weight is 551 g/mol. The number of aromatic nitrogens is 1. The molecule has 6 heteroatoms. The Balaban J connectivity index is 1.55. The average Bonchev–Trinajstić information content (AvgIpc) is 3.44. The van der Waals surface area contributed by atoms with Crippen LogP contribution in [0.2, 0.25) is 0 Å². The van der Waals surface area contributed by atoms with Crippen LogP contribution >= 0.6 is 0 Å². The predicted octanol–water partition coefficient (Wildman–Crippen LogP) is 8.01. The molecular formula is C35H38N2O4. The number of ether oxygens (including phenoxy) is 4. The Hall–Kier alpha value is -4.16. The molecule has 41 heavy (non-hydrogen) atoms. The van der Waals surface area contributed by atoms with Gasteiger partial charge in [0.2, 0.25) is 0 Å². The van der Waals surface area contributed by atoms with E-state index in [1.165, 1.54) is 43.5 Å². The van der Waals surface area contributed by atoms with Crippen LogP contribution < -0.4 is 18.9 Å². The van der Waals surface area contributed by atoms with E-state index >= 15 is 0 Å². The molecule has 2 aromatic heterocycles. The van der Waals surface area contributed by atoms with E-state index in [2.05, 4.69) is 77.1 Å². The van der Waals surface area contributed by atoms with Crippen molar-refractivity contribution in [3.05, 3.63) is 78.6 Å². The van der Waals surface area contributed by atoms with Crippen LogP contribution in [0.15, 0.2) is 73.1 Å². The molecule has 212 valence electrons. The van der Waals surface area contributed by atoms with Crippen molar-refractivity contribution in [2.45, 2.75) is 32.2 Å². The zero-order valence-electron chi connectivity index (χ0n) is 24.6. The minimum Gasteiger partial charge on any atom is -0.493 e. The summed E-state index contributed by atoms with van der Waals surface area (Å²) in [7, 11) is 6.68. The first-order chi connectivity index (χ1) is 20.1. The quantitative estimate of drug-likeness (QED) is 0.196. The fourth-order valence-corrected chi connectivity index (χ4v) is 6.27. The van der Waals surface area contributed by atoms with Gasteiger partial charge in [0.15, 0.2) is 23.0 Å². The minimum absolute atomic E-state index is 0.411. The van der Waals surface area contributed by atoms with Gasteiger partial charge in [0.05, 0.1) is 34.0 Å². The van der Waals surface area contributed by atoms with Crippen molar-refractivity contribution in [2.24, 2.45) is 0 Å². The zero-order valence-corrected chi connectivity index (χ0v) is 24.6. The molecule has 0 amide bonds. The van der Waals surface area contributed by atoms with Crippen LogP contribution in [-0.4, -0.2) is 50.8 Å². The van der Waals surface area contributed by atoms with Crippen LogP contribution in [0.25, 0.3) is 38.5 Å². The van der Waals surface area contributed by atoms with Gasteiger partial charge in [-0.15, -0.1) is 0 Å². The molecule has 5 aromatic rings. The number of pyridine rings is 1. The number of benzene rings is 3. The first-order valence-electron chi connectivity index (χ1n) is 14.3. The molecule has 1 aliphatic heterocycles. The Labute approximate surface area is 242 Å². The second-order valence-electron chi connectivity index (χ2n) is 10.7. The minimum atomic E-state index is 0.411. The fourth-order valence-electron chi connectivity index (χ4n) is 6.27. The van der Waals surface area contributed by atoms with Gasteiger partial charge in [-0.2, -0.15) is 0 Å². The lowest BCUT2D eigenvalue weighted by Crippen LogP contribution is -2.32. The van der Waals surface area contributed by atoms with Crippen molar-refractivity contribution in [3.8, 4) is 45.3 Å². The molecule has 0 N–H and O–H groups in total. The van der Waals surface area contributed by atoms with Gasteiger partial charge in [0, 0.05) is 34.9 Å². The van der Waals surface area contributed by atoms with Crippen LogP contribution in [0.3, 0.4) is 0 Å². The number of fused-ring (bicyclic) bond motifs is 3. The third-order valence-corrected chi connectivity index (χ3v) is 8.57. The number of methoxy groups -OCH3 is 4. The summed E-state index contributed by atoms with van der Waals surface area (Å²) in [5.41, 5.74) is 6.94. The summed E-state index contributed by atoms with van der Waals surface area (Å²) in [5, 5.41) is 2.16. The summed E-state index contributed by atoms with van der Waals surface area (Å²) in [5.74, 6) is 2.81. The van der Waals surface area contributed by atoms with E-state index in [9.17, 15) is 0 Å². The standard InChI is InChI=1S/C35H38N2O4/c1-23(36-16-7-6-8-17-36)24-9-11-25(12-10-24)29-22-37-18-15-26-19-32(40-4)33(41-5)21-28(26)35(37)34(29)27-13-14-30(38-2)31(20-27)39-3/h9-15,18-23H,6-8,16-17H2,1-5H3. The smallest absolute Gasteiger partial charge is 0.161 e. The van der Waals surface area contributed by atoms with Crippen LogP contribution in [0.5, 0.6) is 23.0 Å². The van der Waals surface area contributed by atoms with E-state index < -0.39 is 0 Å². The van der Waals surface area contributed by atoms with Crippen LogP contribution in [-0.2, 0) is 0 Å². The third kappa shape index (κ3) is 4.87. The molecule has 0 radical (unpaired) electrons. The number of hydrogen-bond donors (Lipinski definition) is 0. The summed E-state index contributed by atoms with van der Waals surface area (Å²) >= 11 is 0. The zero-order chi connectivity index (χ0) is 28.5. The highest BCUT2D eigenvalue weighted by Gasteiger charge is 2.21. The summed E-state index contributed by atoms with van der Waals surface area (Å²) in [6.45, 7) is 4.69. The second kappa shape index (κ2) is 11.4. The molecule has 1 fully saturated rings. The number of rotatable bonds is 8. The van der Waals surface area contributed by atoms with Gasteiger partial charge < -0.3 is 23.3 Å². The number of nitrogens with zero attached hydrogens (tertiary/aromatic N) is 2. The molecule has 1 saturated heterocycles. The van der Waals surface area contributed by atoms with Crippen molar-refractivity contribution >= 4 is 16.3 Å². The normalized spacial score (nSPS) is 14.8. The maximum Gasteiger partial charge on any atom is 0.161 e. The predicted molar refractivity (Wildman–Crippen MR) is 166 cm³/mol. The Kier molecular flexibility index (Phi) is 7.50. The van der Waals surface area contributed by atoms with Crippen molar-refractivity contribution in [2.75, 3.05) is 41.5 Å². The van der Waals surface area contributed by atoms with Crippen molar-refractivity contribution < 1.29 is 18.9 Å². The van der Waals surface area contributed by atoms with E-state index in [1.807, 2.05) is 12.1 Å². The van der Waals surface area contributed by atoms with Gasteiger partial charge >= 0.3 is 0 Å². The maximum absolute atomic E-state index is 5.71. The lowest BCUT2D eigenvalue weighted by atomic mass is 9.94. The van der Waals surface area contributed by atoms with E-state index in [0.29, 0.717) is 29.0 Å². The molecule has 1 aliphatic rings. The van der Waals surface area contributed by atoms with Gasteiger partial charge in [-0.25, -0.2) is 0 Å². The lowest BCUT2D eigenvalue weighted by Gasteiger charge is -2.32.